The predicted octanol–water partition coefficient (Wildman–Crippen LogP) is 4.21. The van der Waals surface area contributed by atoms with Crippen molar-refractivity contribution in [2.24, 2.45) is 5.10 Å². The van der Waals surface area contributed by atoms with Crippen LogP contribution in [-0.4, -0.2) is 57.9 Å². The first-order valence-electron chi connectivity index (χ1n) is 12.8. The van der Waals surface area contributed by atoms with Gasteiger partial charge in [-0.1, -0.05) is 17.7 Å². The van der Waals surface area contributed by atoms with Crippen molar-refractivity contribution >= 4 is 33.9 Å². The summed E-state index contributed by atoms with van der Waals surface area (Å²) in [4.78, 5) is 14.1. The van der Waals surface area contributed by atoms with Gasteiger partial charge in [0.05, 0.1) is 13.3 Å². The lowest BCUT2D eigenvalue weighted by atomic mass is 10.2. The molecule has 10 nitrogen and oxygen atoms in total. The molecule has 0 bridgehead atoms. The van der Waals surface area contributed by atoms with Crippen molar-refractivity contribution in [2.45, 2.75) is 37.5 Å². The standard InChI is InChI=1S/C27H32N6O4S/c1-20-7-10-22(11-8-20)38(34,35)37-23-12-9-21(17-24(23)36-2)19-28-31-25-18-26(32-13-3-4-14-32)30-27(29-25)33-15-5-6-16-33/h7-12,17-19H,3-6,13-16H2,1-2H3,(H,29,30,31)/b28-19-. The van der Waals surface area contributed by atoms with Gasteiger partial charge in [0.25, 0.3) is 0 Å². The molecule has 0 atom stereocenters. The maximum atomic E-state index is 12.7. The highest BCUT2D eigenvalue weighted by Crippen LogP contribution is 2.31. The second kappa shape index (κ2) is 11.3. The zero-order valence-electron chi connectivity index (χ0n) is 21.6. The summed E-state index contributed by atoms with van der Waals surface area (Å²) >= 11 is 0. The Bertz CT molecular complexity index is 1370. The molecule has 0 saturated carbocycles. The fraction of sp³-hybridized carbons (Fsp3) is 0.370. The average molecular weight is 537 g/mol. The van der Waals surface area contributed by atoms with Gasteiger partial charge in [0.2, 0.25) is 5.95 Å². The summed E-state index contributed by atoms with van der Waals surface area (Å²) in [5, 5.41) is 4.37. The molecule has 0 amide bonds. The predicted molar refractivity (Wildman–Crippen MR) is 148 cm³/mol. The van der Waals surface area contributed by atoms with Crippen LogP contribution in [0.1, 0.15) is 36.8 Å². The number of rotatable bonds is 9. The number of anilines is 3. The van der Waals surface area contributed by atoms with Gasteiger partial charge in [0.1, 0.15) is 10.7 Å². The molecule has 2 aliphatic heterocycles. The lowest BCUT2D eigenvalue weighted by molar-refractivity contribution is 0.390. The van der Waals surface area contributed by atoms with E-state index in [0.29, 0.717) is 11.4 Å². The van der Waals surface area contributed by atoms with E-state index in [0.717, 1.165) is 69.2 Å². The summed E-state index contributed by atoms with van der Waals surface area (Å²) in [7, 11) is -2.54. The molecule has 2 aliphatic rings. The molecule has 0 unspecified atom stereocenters. The SMILES string of the molecule is COc1cc(/C=N\Nc2cc(N3CCCC3)nc(N3CCCC3)n2)ccc1OS(=O)(=O)c1ccc(C)cc1. The maximum Gasteiger partial charge on any atom is 0.339 e. The third-order valence-electron chi connectivity index (χ3n) is 6.61. The lowest BCUT2D eigenvalue weighted by Crippen LogP contribution is -2.24. The fourth-order valence-corrected chi connectivity index (χ4v) is 5.46. The Kier molecular flexibility index (Phi) is 7.64. The molecule has 0 radical (unpaired) electrons. The van der Waals surface area contributed by atoms with Gasteiger partial charge in [-0.05, 0) is 68.5 Å². The molecule has 1 aromatic heterocycles. The van der Waals surface area contributed by atoms with E-state index >= 15 is 0 Å². The van der Waals surface area contributed by atoms with Gasteiger partial charge in [-0.25, -0.2) is 0 Å². The minimum absolute atomic E-state index is 0.0754. The van der Waals surface area contributed by atoms with Crippen molar-refractivity contribution in [3.63, 3.8) is 0 Å². The normalized spacial score (nSPS) is 15.8. The van der Waals surface area contributed by atoms with Crippen LogP contribution in [-0.2, 0) is 10.1 Å². The van der Waals surface area contributed by atoms with Crippen molar-refractivity contribution in [1.29, 1.82) is 0 Å². The molecule has 3 heterocycles. The van der Waals surface area contributed by atoms with Crippen LogP contribution in [0.3, 0.4) is 0 Å². The van der Waals surface area contributed by atoms with Crippen molar-refractivity contribution in [2.75, 3.05) is 48.5 Å². The Morgan fingerprint density at radius 1 is 0.895 bits per heavy atom. The van der Waals surface area contributed by atoms with Crippen LogP contribution in [0.2, 0.25) is 0 Å². The second-order valence-electron chi connectivity index (χ2n) is 9.43. The molecule has 3 aromatic rings. The van der Waals surface area contributed by atoms with E-state index in [-0.39, 0.29) is 16.4 Å². The first-order chi connectivity index (χ1) is 18.4. The minimum Gasteiger partial charge on any atom is -0.493 e. The second-order valence-corrected chi connectivity index (χ2v) is 11.0. The van der Waals surface area contributed by atoms with Gasteiger partial charge >= 0.3 is 10.1 Å². The zero-order chi connectivity index (χ0) is 26.5. The highest BCUT2D eigenvalue weighted by atomic mass is 32.2. The largest absolute Gasteiger partial charge is 0.493 e. The van der Waals surface area contributed by atoms with Crippen molar-refractivity contribution < 1.29 is 17.3 Å². The molecule has 0 aliphatic carbocycles. The van der Waals surface area contributed by atoms with Crippen LogP contribution < -0.4 is 24.1 Å². The number of hydrogen-bond acceptors (Lipinski definition) is 10. The van der Waals surface area contributed by atoms with Gasteiger partial charge in [0.15, 0.2) is 17.3 Å². The van der Waals surface area contributed by atoms with Gasteiger partial charge in [-0.15, -0.1) is 0 Å². The summed E-state index contributed by atoms with van der Waals surface area (Å²) in [6.07, 6.45) is 6.24. The molecule has 11 heteroatoms. The molecular weight excluding hydrogens is 504 g/mol. The molecule has 0 spiro atoms. The van der Waals surface area contributed by atoms with E-state index in [4.69, 9.17) is 18.9 Å². The van der Waals surface area contributed by atoms with Crippen molar-refractivity contribution in [3.8, 4) is 11.5 Å². The van der Waals surface area contributed by atoms with E-state index < -0.39 is 10.1 Å². The van der Waals surface area contributed by atoms with E-state index in [2.05, 4.69) is 20.3 Å². The molecular formula is C27H32N6O4S. The topological polar surface area (TPSA) is 109 Å². The summed E-state index contributed by atoms with van der Waals surface area (Å²) in [5.74, 6) is 2.63. The highest BCUT2D eigenvalue weighted by Gasteiger charge is 2.21. The zero-order valence-corrected chi connectivity index (χ0v) is 22.4. The molecule has 2 aromatic carbocycles. The van der Waals surface area contributed by atoms with Gasteiger partial charge in [-0.2, -0.15) is 23.5 Å². The maximum absolute atomic E-state index is 12.7. The van der Waals surface area contributed by atoms with Gasteiger partial charge < -0.3 is 18.7 Å². The van der Waals surface area contributed by atoms with Crippen molar-refractivity contribution in [1.82, 2.24) is 9.97 Å². The molecule has 1 N–H and O–H groups in total. The fourth-order valence-electron chi connectivity index (χ4n) is 4.52. The van der Waals surface area contributed by atoms with E-state index in [1.54, 1.807) is 36.5 Å². The highest BCUT2D eigenvalue weighted by molar-refractivity contribution is 7.87. The van der Waals surface area contributed by atoms with Crippen LogP contribution >= 0.6 is 0 Å². The number of methoxy groups -OCH3 is 1. The average Bonchev–Trinajstić information content (AvgIpc) is 3.65. The monoisotopic (exact) mass is 536 g/mol. The Labute approximate surface area is 223 Å². The number of hydrogen-bond donors (Lipinski definition) is 1. The molecule has 5 rings (SSSR count). The molecule has 200 valence electrons. The summed E-state index contributed by atoms with van der Waals surface area (Å²) < 4.78 is 36.2. The summed E-state index contributed by atoms with van der Waals surface area (Å²) in [6.45, 7) is 5.79. The first-order valence-corrected chi connectivity index (χ1v) is 14.2. The lowest BCUT2D eigenvalue weighted by Gasteiger charge is -2.21. The van der Waals surface area contributed by atoms with Crippen LogP contribution in [0.15, 0.2) is 58.5 Å². The van der Waals surface area contributed by atoms with E-state index in [1.165, 1.54) is 19.2 Å². The number of benzene rings is 2. The quantitative estimate of drug-likeness (QED) is 0.244. The Hall–Kier alpha value is -3.86. The minimum atomic E-state index is -4.00. The number of aromatic nitrogens is 2. The molecule has 38 heavy (non-hydrogen) atoms. The third kappa shape index (κ3) is 5.99. The van der Waals surface area contributed by atoms with Crippen molar-refractivity contribution in [3.05, 3.63) is 59.7 Å². The van der Waals surface area contributed by atoms with Crippen LogP contribution in [0.4, 0.5) is 17.6 Å². The molecule has 2 fully saturated rings. The Balaban J connectivity index is 1.31. The van der Waals surface area contributed by atoms with E-state index in [9.17, 15) is 8.42 Å². The number of ether oxygens (including phenoxy) is 1. The van der Waals surface area contributed by atoms with Gasteiger partial charge in [0, 0.05) is 32.2 Å². The number of nitrogens with one attached hydrogen (secondary N) is 1. The number of aryl methyl sites for hydroxylation is 1. The summed E-state index contributed by atoms with van der Waals surface area (Å²) in [6, 6.07) is 13.3. The first kappa shape index (κ1) is 25.8. The smallest absolute Gasteiger partial charge is 0.339 e. The number of hydrazone groups is 1. The van der Waals surface area contributed by atoms with E-state index in [1.807, 2.05) is 13.0 Å². The van der Waals surface area contributed by atoms with Gasteiger partial charge in [-0.3, -0.25) is 5.43 Å². The number of nitrogens with zero attached hydrogens (tertiary/aromatic N) is 5. The molecule has 2 saturated heterocycles. The third-order valence-corrected chi connectivity index (χ3v) is 7.86. The van der Waals surface area contributed by atoms with Crippen LogP contribution in [0.5, 0.6) is 11.5 Å². The van der Waals surface area contributed by atoms with Crippen LogP contribution in [0.25, 0.3) is 0 Å². The Morgan fingerprint density at radius 3 is 2.26 bits per heavy atom. The summed E-state index contributed by atoms with van der Waals surface area (Å²) in [5.41, 5.74) is 4.69. The Morgan fingerprint density at radius 2 is 1.58 bits per heavy atom. The van der Waals surface area contributed by atoms with Crippen LogP contribution in [0, 0.1) is 6.92 Å².